The minimum atomic E-state index is -0.146. The Morgan fingerprint density at radius 3 is 2.53 bits per heavy atom. The Morgan fingerprint density at radius 2 is 2.00 bits per heavy atom. The van der Waals surface area contributed by atoms with Gasteiger partial charge in [0.15, 0.2) is 0 Å². The second-order valence-corrected chi connectivity index (χ2v) is 3.73. The number of urea groups is 1. The summed E-state index contributed by atoms with van der Waals surface area (Å²) < 4.78 is 5.44. The molecule has 0 atom stereocenters. The summed E-state index contributed by atoms with van der Waals surface area (Å²) in [4.78, 5) is 12.9. The van der Waals surface area contributed by atoms with E-state index in [-0.39, 0.29) is 6.03 Å². The zero-order chi connectivity index (χ0) is 12.7. The Hall–Kier alpha value is -1.97. The fourth-order valence-electron chi connectivity index (χ4n) is 1.11. The number of carbonyl (C=O) groups is 1. The first-order valence-electron chi connectivity index (χ1n) is 5.46. The van der Waals surface area contributed by atoms with E-state index < -0.39 is 0 Å². The molecule has 17 heavy (non-hydrogen) atoms. The van der Waals surface area contributed by atoms with Crippen LogP contribution in [0.15, 0.2) is 36.4 Å². The van der Waals surface area contributed by atoms with Gasteiger partial charge >= 0.3 is 6.03 Å². The first-order valence-corrected chi connectivity index (χ1v) is 5.46. The molecule has 0 saturated heterocycles. The molecule has 0 saturated carbocycles. The third-order valence-electron chi connectivity index (χ3n) is 2.09. The summed E-state index contributed by atoms with van der Waals surface area (Å²) in [7, 11) is 3.40. The molecule has 0 aromatic heterocycles. The number of hydrogen-bond acceptors (Lipinski definition) is 2. The molecule has 0 spiro atoms. The van der Waals surface area contributed by atoms with Crippen LogP contribution in [0.2, 0.25) is 0 Å². The van der Waals surface area contributed by atoms with E-state index in [1.54, 1.807) is 14.1 Å². The number of anilines is 1. The van der Waals surface area contributed by atoms with Crippen LogP contribution in [0.25, 0.3) is 0 Å². The molecule has 0 aliphatic heterocycles. The average Bonchev–Trinajstić information content (AvgIpc) is 2.31. The molecule has 2 amide bonds. The highest BCUT2D eigenvalue weighted by Crippen LogP contribution is 2.15. The van der Waals surface area contributed by atoms with Gasteiger partial charge in [0, 0.05) is 19.8 Å². The monoisotopic (exact) mass is 234 g/mol. The molecule has 1 aromatic rings. The smallest absolute Gasteiger partial charge is 0.321 e. The zero-order valence-corrected chi connectivity index (χ0v) is 10.4. The first kappa shape index (κ1) is 13.1. The Bertz CT molecular complexity index is 383. The molecular weight excluding hydrogens is 216 g/mol. The second-order valence-electron chi connectivity index (χ2n) is 3.73. The standard InChI is InChI=1S/C13H18N2O2/c1-4-5-10-17-12-8-6-11(7-9-12)14-13(16)15(2)3/h4-9H,10H2,1-3H3,(H,14,16)/b5-4-. The van der Waals surface area contributed by atoms with Gasteiger partial charge in [-0.2, -0.15) is 0 Å². The van der Waals surface area contributed by atoms with Gasteiger partial charge in [-0.1, -0.05) is 12.2 Å². The highest BCUT2D eigenvalue weighted by Gasteiger charge is 2.03. The summed E-state index contributed by atoms with van der Waals surface area (Å²) in [6, 6.07) is 7.13. The summed E-state index contributed by atoms with van der Waals surface area (Å²) in [5.74, 6) is 0.783. The molecule has 1 aromatic carbocycles. The van der Waals surface area contributed by atoms with Gasteiger partial charge in [-0.25, -0.2) is 4.79 Å². The van der Waals surface area contributed by atoms with E-state index in [0.717, 1.165) is 11.4 Å². The van der Waals surface area contributed by atoms with Crippen LogP contribution in [0.1, 0.15) is 6.92 Å². The van der Waals surface area contributed by atoms with E-state index in [9.17, 15) is 4.79 Å². The molecule has 4 heteroatoms. The molecule has 1 rings (SSSR count). The topological polar surface area (TPSA) is 41.6 Å². The van der Waals surface area contributed by atoms with E-state index in [4.69, 9.17) is 4.74 Å². The summed E-state index contributed by atoms with van der Waals surface area (Å²) in [5.41, 5.74) is 0.752. The maximum atomic E-state index is 11.4. The Morgan fingerprint density at radius 1 is 1.35 bits per heavy atom. The van der Waals surface area contributed by atoms with Crippen molar-refractivity contribution in [2.24, 2.45) is 0 Å². The number of benzene rings is 1. The van der Waals surface area contributed by atoms with Gasteiger partial charge in [-0.3, -0.25) is 0 Å². The molecule has 4 nitrogen and oxygen atoms in total. The van der Waals surface area contributed by atoms with Crippen molar-refractivity contribution in [2.75, 3.05) is 26.0 Å². The Balaban J connectivity index is 2.53. The molecule has 0 unspecified atom stereocenters. The summed E-state index contributed by atoms with van der Waals surface area (Å²) in [6.07, 6.45) is 3.87. The lowest BCUT2D eigenvalue weighted by molar-refractivity contribution is 0.230. The van der Waals surface area contributed by atoms with Gasteiger partial charge in [0.1, 0.15) is 12.4 Å². The lowest BCUT2D eigenvalue weighted by Gasteiger charge is -2.12. The Labute approximate surface area is 102 Å². The first-order chi connectivity index (χ1) is 8.13. The van der Waals surface area contributed by atoms with Gasteiger partial charge in [0.2, 0.25) is 0 Å². The fourth-order valence-corrected chi connectivity index (χ4v) is 1.11. The zero-order valence-electron chi connectivity index (χ0n) is 10.4. The lowest BCUT2D eigenvalue weighted by Crippen LogP contribution is -2.27. The fraction of sp³-hybridized carbons (Fsp3) is 0.308. The van der Waals surface area contributed by atoms with Crippen LogP contribution >= 0.6 is 0 Å². The molecule has 0 aliphatic rings. The van der Waals surface area contributed by atoms with Crippen LogP contribution in [0.3, 0.4) is 0 Å². The van der Waals surface area contributed by atoms with Crippen molar-refractivity contribution in [3.63, 3.8) is 0 Å². The molecule has 0 bridgehead atoms. The number of ether oxygens (including phenoxy) is 1. The number of allylic oxidation sites excluding steroid dienone is 1. The normalized spacial score (nSPS) is 10.3. The Kier molecular flexibility index (Phi) is 5.07. The molecule has 1 N–H and O–H groups in total. The number of hydrogen-bond donors (Lipinski definition) is 1. The van der Waals surface area contributed by atoms with Crippen LogP contribution in [0.4, 0.5) is 10.5 Å². The van der Waals surface area contributed by atoms with E-state index in [2.05, 4.69) is 5.32 Å². The highest BCUT2D eigenvalue weighted by molar-refractivity contribution is 5.88. The molecular formula is C13H18N2O2. The number of carbonyl (C=O) groups excluding carboxylic acids is 1. The van der Waals surface area contributed by atoms with Crippen LogP contribution < -0.4 is 10.1 Å². The largest absolute Gasteiger partial charge is 0.490 e. The van der Waals surface area contributed by atoms with Crippen molar-refractivity contribution in [1.29, 1.82) is 0 Å². The van der Waals surface area contributed by atoms with Crippen molar-refractivity contribution in [2.45, 2.75) is 6.92 Å². The van der Waals surface area contributed by atoms with Crippen molar-refractivity contribution in [3.05, 3.63) is 36.4 Å². The third kappa shape index (κ3) is 4.59. The van der Waals surface area contributed by atoms with E-state index >= 15 is 0 Å². The predicted molar refractivity (Wildman–Crippen MR) is 69.5 cm³/mol. The van der Waals surface area contributed by atoms with Gasteiger partial charge in [0.25, 0.3) is 0 Å². The van der Waals surface area contributed by atoms with Gasteiger partial charge in [-0.05, 0) is 31.2 Å². The van der Waals surface area contributed by atoms with Crippen LogP contribution in [0.5, 0.6) is 5.75 Å². The predicted octanol–water partition coefficient (Wildman–Crippen LogP) is 2.74. The van der Waals surface area contributed by atoms with Crippen molar-refractivity contribution >= 4 is 11.7 Å². The second kappa shape index (κ2) is 6.58. The van der Waals surface area contributed by atoms with E-state index in [1.165, 1.54) is 4.90 Å². The van der Waals surface area contributed by atoms with Gasteiger partial charge in [0.05, 0.1) is 0 Å². The van der Waals surface area contributed by atoms with Gasteiger partial charge < -0.3 is 15.0 Å². The van der Waals surface area contributed by atoms with E-state index in [0.29, 0.717) is 6.61 Å². The van der Waals surface area contributed by atoms with Crippen LogP contribution in [-0.2, 0) is 0 Å². The number of nitrogens with zero attached hydrogens (tertiary/aromatic N) is 1. The minimum Gasteiger partial charge on any atom is -0.490 e. The SMILES string of the molecule is C/C=C\COc1ccc(NC(=O)N(C)C)cc1. The summed E-state index contributed by atoms with van der Waals surface area (Å²) in [6.45, 7) is 2.50. The maximum Gasteiger partial charge on any atom is 0.321 e. The van der Waals surface area contributed by atoms with Crippen LogP contribution in [-0.4, -0.2) is 31.6 Å². The third-order valence-corrected chi connectivity index (χ3v) is 2.09. The molecule has 92 valence electrons. The van der Waals surface area contributed by atoms with E-state index in [1.807, 2.05) is 43.3 Å². The highest BCUT2D eigenvalue weighted by atomic mass is 16.5. The molecule has 0 heterocycles. The molecule has 0 fully saturated rings. The minimum absolute atomic E-state index is 0.146. The number of rotatable bonds is 4. The number of amides is 2. The van der Waals surface area contributed by atoms with Crippen molar-refractivity contribution < 1.29 is 9.53 Å². The van der Waals surface area contributed by atoms with Crippen LogP contribution in [0, 0.1) is 0 Å². The summed E-state index contributed by atoms with van der Waals surface area (Å²) in [5, 5.41) is 2.75. The number of nitrogens with one attached hydrogen (secondary N) is 1. The maximum absolute atomic E-state index is 11.4. The molecule has 0 radical (unpaired) electrons. The quantitative estimate of drug-likeness (QED) is 0.814. The lowest BCUT2D eigenvalue weighted by atomic mass is 10.3. The van der Waals surface area contributed by atoms with Gasteiger partial charge in [-0.15, -0.1) is 0 Å². The summed E-state index contributed by atoms with van der Waals surface area (Å²) >= 11 is 0. The van der Waals surface area contributed by atoms with Crippen molar-refractivity contribution in [3.8, 4) is 5.75 Å². The van der Waals surface area contributed by atoms with Crippen molar-refractivity contribution in [1.82, 2.24) is 4.90 Å². The average molecular weight is 234 g/mol. The molecule has 0 aliphatic carbocycles.